The van der Waals surface area contributed by atoms with E-state index in [0.717, 1.165) is 16.2 Å². The Labute approximate surface area is 198 Å². The largest absolute Gasteiger partial charge is 0.497 e. The molecule has 0 aliphatic heterocycles. The van der Waals surface area contributed by atoms with E-state index >= 15 is 0 Å². The minimum atomic E-state index is -0.423. The Morgan fingerprint density at radius 1 is 1.06 bits per heavy atom. The number of nitrogens with zero attached hydrogens (tertiary/aromatic N) is 2. The van der Waals surface area contributed by atoms with E-state index in [9.17, 15) is 9.59 Å². The van der Waals surface area contributed by atoms with Crippen molar-refractivity contribution < 1.29 is 19.0 Å². The third-order valence-corrected chi connectivity index (χ3v) is 6.40. The lowest BCUT2D eigenvalue weighted by molar-refractivity contribution is -0.116. The van der Waals surface area contributed by atoms with E-state index < -0.39 is 5.91 Å². The smallest absolute Gasteiger partial charge is 0.271 e. The summed E-state index contributed by atoms with van der Waals surface area (Å²) in [5, 5.41) is 3.08. The Morgan fingerprint density at radius 2 is 1.79 bits per heavy atom. The predicted molar refractivity (Wildman–Crippen MR) is 129 cm³/mol. The van der Waals surface area contributed by atoms with Crippen LogP contribution in [0.5, 0.6) is 17.2 Å². The van der Waals surface area contributed by atoms with Crippen molar-refractivity contribution in [2.75, 3.05) is 26.6 Å². The number of hydrogen-bond donors (Lipinski definition) is 1. The molecule has 2 aromatic carbocycles. The first-order valence-corrected chi connectivity index (χ1v) is 11.0. The molecule has 1 amide bonds. The first-order valence-electron chi connectivity index (χ1n) is 9.78. The number of halogens is 1. The molecule has 4 aromatic rings. The van der Waals surface area contributed by atoms with Gasteiger partial charge in [-0.2, -0.15) is 0 Å². The molecule has 10 heteroatoms. The van der Waals surface area contributed by atoms with Crippen molar-refractivity contribution in [1.29, 1.82) is 0 Å². The minimum absolute atomic E-state index is 0.217. The second kappa shape index (κ2) is 9.51. The minimum Gasteiger partial charge on any atom is -0.497 e. The highest BCUT2D eigenvalue weighted by Gasteiger charge is 2.15. The number of fused-ring (bicyclic) bond motifs is 1. The summed E-state index contributed by atoms with van der Waals surface area (Å²) in [5.41, 5.74) is 1.62. The van der Waals surface area contributed by atoms with Crippen molar-refractivity contribution in [2.45, 2.75) is 6.54 Å². The van der Waals surface area contributed by atoms with Gasteiger partial charge in [-0.3, -0.25) is 14.2 Å². The van der Waals surface area contributed by atoms with Crippen LogP contribution < -0.4 is 25.1 Å². The molecule has 0 aliphatic rings. The maximum Gasteiger partial charge on any atom is 0.271 e. The molecule has 2 heterocycles. The molecule has 170 valence electrons. The lowest BCUT2D eigenvalue weighted by Gasteiger charge is -2.13. The summed E-state index contributed by atoms with van der Waals surface area (Å²) < 4.78 is 17.4. The molecule has 0 aliphatic carbocycles. The van der Waals surface area contributed by atoms with E-state index in [0.29, 0.717) is 32.4 Å². The van der Waals surface area contributed by atoms with Gasteiger partial charge >= 0.3 is 0 Å². The Bertz CT molecular complexity index is 1380. The molecule has 0 saturated carbocycles. The highest BCUT2D eigenvalue weighted by Crippen LogP contribution is 2.36. The van der Waals surface area contributed by atoms with Gasteiger partial charge in [0.1, 0.15) is 28.5 Å². The summed E-state index contributed by atoms with van der Waals surface area (Å²) in [7, 11) is 4.55. The Balaban J connectivity index is 1.58. The number of aromatic nitrogens is 2. The van der Waals surface area contributed by atoms with E-state index in [4.69, 9.17) is 25.8 Å². The number of carbonyl (C=O) groups is 1. The van der Waals surface area contributed by atoms with E-state index in [-0.39, 0.29) is 12.1 Å². The number of anilines is 1. The van der Waals surface area contributed by atoms with Crippen LogP contribution in [0, 0.1) is 0 Å². The van der Waals surface area contributed by atoms with Crippen molar-refractivity contribution in [1.82, 2.24) is 9.55 Å². The SMILES string of the molecule is COc1ccc(-c2cc3ncn(CC(=O)Nc4cc(OC)c(Cl)cc4OC)c(=O)c3s2)cc1. The molecular formula is C23H20ClN3O5S. The van der Waals surface area contributed by atoms with Gasteiger partial charge in [0.2, 0.25) is 5.91 Å². The standard InChI is InChI=1S/C23H20ClN3O5S/c1-30-14-6-4-13(5-7-14)20-10-17-22(33-20)23(29)27(12-25-17)11-21(28)26-16-9-18(31-2)15(24)8-19(16)32-3/h4-10,12H,11H2,1-3H3,(H,26,28). The van der Waals surface area contributed by atoms with Gasteiger partial charge in [0.15, 0.2) is 0 Å². The molecule has 0 radical (unpaired) electrons. The lowest BCUT2D eigenvalue weighted by atomic mass is 10.2. The lowest BCUT2D eigenvalue weighted by Crippen LogP contribution is -2.27. The molecule has 8 nitrogen and oxygen atoms in total. The quantitative estimate of drug-likeness (QED) is 0.416. The normalized spacial score (nSPS) is 10.8. The zero-order valence-corrected chi connectivity index (χ0v) is 19.6. The van der Waals surface area contributed by atoms with Gasteiger partial charge < -0.3 is 19.5 Å². The third-order valence-electron chi connectivity index (χ3n) is 4.94. The zero-order valence-electron chi connectivity index (χ0n) is 18.0. The van der Waals surface area contributed by atoms with Crippen LogP contribution in [0.15, 0.2) is 53.6 Å². The topological polar surface area (TPSA) is 91.7 Å². The van der Waals surface area contributed by atoms with Crippen molar-refractivity contribution in [3.8, 4) is 27.7 Å². The molecule has 0 atom stereocenters. The Kier molecular flexibility index (Phi) is 6.52. The summed E-state index contributed by atoms with van der Waals surface area (Å²) in [5.74, 6) is 1.09. The number of hydrogen-bond acceptors (Lipinski definition) is 7. The van der Waals surface area contributed by atoms with Gasteiger partial charge in [-0.25, -0.2) is 4.98 Å². The van der Waals surface area contributed by atoms with E-state index in [2.05, 4.69) is 10.3 Å². The second-order valence-corrected chi connectivity index (χ2v) is 8.43. The van der Waals surface area contributed by atoms with Gasteiger partial charge in [0.05, 0.1) is 43.9 Å². The maximum absolute atomic E-state index is 13.0. The number of methoxy groups -OCH3 is 3. The Hall–Kier alpha value is -3.56. The molecule has 0 spiro atoms. The molecule has 0 unspecified atom stereocenters. The fraction of sp³-hybridized carbons (Fsp3) is 0.174. The highest BCUT2D eigenvalue weighted by atomic mass is 35.5. The number of carbonyl (C=O) groups excluding carboxylic acids is 1. The van der Waals surface area contributed by atoms with Crippen molar-refractivity contribution in [3.05, 3.63) is 64.2 Å². The molecule has 1 N–H and O–H groups in total. The van der Waals surface area contributed by atoms with Gasteiger partial charge in [-0.15, -0.1) is 11.3 Å². The molecule has 0 saturated heterocycles. The van der Waals surface area contributed by atoms with Gasteiger partial charge in [0, 0.05) is 17.0 Å². The second-order valence-electron chi connectivity index (χ2n) is 6.97. The van der Waals surface area contributed by atoms with Gasteiger partial charge in [-0.1, -0.05) is 11.6 Å². The monoisotopic (exact) mass is 485 g/mol. The summed E-state index contributed by atoms with van der Waals surface area (Å²) in [6, 6.07) is 12.5. The highest BCUT2D eigenvalue weighted by molar-refractivity contribution is 7.22. The molecule has 4 rings (SSSR count). The van der Waals surface area contributed by atoms with Crippen LogP contribution in [-0.4, -0.2) is 36.8 Å². The molecule has 0 fully saturated rings. The van der Waals surface area contributed by atoms with Gasteiger partial charge in [-0.05, 0) is 35.9 Å². The van der Waals surface area contributed by atoms with Crippen LogP contribution in [0.4, 0.5) is 5.69 Å². The van der Waals surface area contributed by atoms with Crippen LogP contribution in [0.2, 0.25) is 5.02 Å². The fourth-order valence-electron chi connectivity index (χ4n) is 3.26. The number of amides is 1. The number of ether oxygens (including phenoxy) is 3. The zero-order chi connectivity index (χ0) is 23.5. The van der Waals surface area contributed by atoms with Gasteiger partial charge in [0.25, 0.3) is 5.56 Å². The molecule has 0 bridgehead atoms. The molecular weight excluding hydrogens is 466 g/mol. The van der Waals surface area contributed by atoms with Crippen molar-refractivity contribution >= 4 is 44.7 Å². The predicted octanol–water partition coefficient (Wildman–Crippen LogP) is 4.44. The van der Waals surface area contributed by atoms with Crippen LogP contribution in [0.25, 0.3) is 20.7 Å². The summed E-state index contributed by atoms with van der Waals surface area (Å²) in [4.78, 5) is 30.9. The number of rotatable bonds is 7. The van der Waals surface area contributed by atoms with E-state index in [1.165, 1.54) is 36.5 Å². The van der Waals surface area contributed by atoms with Crippen molar-refractivity contribution in [2.24, 2.45) is 0 Å². The van der Waals surface area contributed by atoms with Crippen LogP contribution >= 0.6 is 22.9 Å². The van der Waals surface area contributed by atoms with Crippen LogP contribution in [0.3, 0.4) is 0 Å². The van der Waals surface area contributed by atoms with Crippen molar-refractivity contribution in [3.63, 3.8) is 0 Å². The first kappa shape index (κ1) is 22.6. The average molecular weight is 486 g/mol. The number of nitrogens with one attached hydrogen (secondary N) is 1. The third kappa shape index (κ3) is 4.64. The summed E-state index contributed by atoms with van der Waals surface area (Å²) >= 11 is 7.44. The molecule has 33 heavy (non-hydrogen) atoms. The molecule has 2 aromatic heterocycles. The van der Waals surface area contributed by atoms with Crippen LogP contribution in [0.1, 0.15) is 0 Å². The number of benzene rings is 2. The summed E-state index contributed by atoms with van der Waals surface area (Å²) in [6.07, 6.45) is 1.37. The van der Waals surface area contributed by atoms with E-state index in [1.807, 2.05) is 30.3 Å². The maximum atomic E-state index is 13.0. The Morgan fingerprint density at radius 3 is 2.45 bits per heavy atom. The number of thiophene rings is 1. The van der Waals surface area contributed by atoms with E-state index in [1.54, 1.807) is 19.2 Å². The summed E-state index contributed by atoms with van der Waals surface area (Å²) in [6.45, 7) is -0.217. The average Bonchev–Trinajstić information content (AvgIpc) is 3.27. The fourth-order valence-corrected chi connectivity index (χ4v) is 4.55. The first-order chi connectivity index (χ1) is 15.9. The van der Waals surface area contributed by atoms with Crippen LogP contribution in [-0.2, 0) is 11.3 Å².